The predicted octanol–water partition coefficient (Wildman–Crippen LogP) is 6.20. The normalized spacial score (nSPS) is 14.6. The predicted molar refractivity (Wildman–Crippen MR) is 174 cm³/mol. The fourth-order valence-electron chi connectivity index (χ4n) is 4.85. The molecule has 5 rings (SSSR count). The van der Waals surface area contributed by atoms with E-state index in [4.69, 9.17) is 30.5 Å². The number of rotatable bonds is 10. The highest BCUT2D eigenvalue weighted by Gasteiger charge is 2.33. The van der Waals surface area contributed by atoms with Crippen LogP contribution in [0.25, 0.3) is 6.08 Å². The van der Waals surface area contributed by atoms with E-state index in [1.807, 2.05) is 55.5 Å². The summed E-state index contributed by atoms with van der Waals surface area (Å²) in [7, 11) is 1.58. The van der Waals surface area contributed by atoms with Gasteiger partial charge in [0.15, 0.2) is 16.3 Å². The summed E-state index contributed by atoms with van der Waals surface area (Å²) in [6.45, 7) is 6.27. The van der Waals surface area contributed by atoms with Crippen LogP contribution in [0.4, 0.5) is 0 Å². The zero-order chi connectivity index (χ0) is 31.4. The van der Waals surface area contributed by atoms with Gasteiger partial charge in [0.05, 0.1) is 42.2 Å². The van der Waals surface area contributed by atoms with Gasteiger partial charge in [-0.15, -0.1) is 0 Å². The van der Waals surface area contributed by atoms with Gasteiger partial charge in [0, 0.05) is 15.1 Å². The quantitative estimate of drug-likeness (QED) is 0.184. The molecule has 228 valence electrons. The average molecular weight is 698 g/mol. The van der Waals surface area contributed by atoms with Crippen molar-refractivity contribution in [1.29, 1.82) is 0 Å². The van der Waals surface area contributed by atoms with Crippen LogP contribution in [-0.4, -0.2) is 30.9 Å². The number of carbonyl (C=O) groups excluding carboxylic acids is 1. The molecule has 0 amide bonds. The van der Waals surface area contributed by atoms with E-state index in [1.54, 1.807) is 43.7 Å². The van der Waals surface area contributed by atoms with Crippen LogP contribution in [0.15, 0.2) is 86.2 Å². The third kappa shape index (κ3) is 6.47. The number of carbonyl (C=O) groups is 1. The minimum absolute atomic E-state index is 0.198. The first kappa shape index (κ1) is 31.6. The number of aromatic nitrogens is 1. The van der Waals surface area contributed by atoms with Crippen molar-refractivity contribution in [1.82, 2.24) is 4.57 Å². The Bertz CT molecular complexity index is 1920. The number of nitrogens with zero attached hydrogens (tertiary/aromatic N) is 2. The molecule has 0 saturated heterocycles. The Labute approximate surface area is 272 Å². The van der Waals surface area contributed by atoms with Gasteiger partial charge in [0.2, 0.25) is 0 Å². The Hall–Kier alpha value is -3.86. The number of benzene rings is 3. The van der Waals surface area contributed by atoms with E-state index in [1.165, 1.54) is 11.3 Å². The molecular weight excluding hydrogens is 668 g/mol. The van der Waals surface area contributed by atoms with E-state index < -0.39 is 12.0 Å². The number of thiazole rings is 1. The number of halogens is 2. The molecule has 1 aromatic heterocycles. The number of ether oxygens (including phenoxy) is 4. The number of hydrogen-bond donors (Lipinski definition) is 0. The summed E-state index contributed by atoms with van der Waals surface area (Å²) >= 11 is 11.2. The molecule has 0 N–H and O–H groups in total. The molecule has 4 aromatic rings. The van der Waals surface area contributed by atoms with Crippen LogP contribution >= 0.6 is 38.9 Å². The lowest BCUT2D eigenvalue weighted by atomic mass is 9.96. The third-order valence-electron chi connectivity index (χ3n) is 6.94. The van der Waals surface area contributed by atoms with Gasteiger partial charge in [0.25, 0.3) is 5.56 Å². The van der Waals surface area contributed by atoms with Gasteiger partial charge in [-0.3, -0.25) is 9.36 Å². The first-order chi connectivity index (χ1) is 21.2. The second-order valence-electron chi connectivity index (χ2n) is 9.71. The summed E-state index contributed by atoms with van der Waals surface area (Å²) in [6, 6.07) is 17.7. The zero-order valence-corrected chi connectivity index (χ0v) is 27.7. The highest BCUT2D eigenvalue weighted by Crippen LogP contribution is 2.36. The lowest BCUT2D eigenvalue weighted by Crippen LogP contribution is -2.39. The van der Waals surface area contributed by atoms with Gasteiger partial charge in [-0.25, -0.2) is 9.79 Å². The average Bonchev–Trinajstić information content (AvgIpc) is 3.32. The Balaban J connectivity index is 1.59. The molecule has 0 spiro atoms. The second-order valence-corrected chi connectivity index (χ2v) is 12.0. The van der Waals surface area contributed by atoms with Crippen molar-refractivity contribution in [3.63, 3.8) is 0 Å². The molecule has 1 aliphatic rings. The molecule has 1 aliphatic heterocycles. The topological polar surface area (TPSA) is 88.4 Å². The monoisotopic (exact) mass is 696 g/mol. The summed E-state index contributed by atoms with van der Waals surface area (Å²) in [5.41, 5.74) is 2.82. The first-order valence-corrected chi connectivity index (χ1v) is 15.9. The Morgan fingerprint density at radius 1 is 1.07 bits per heavy atom. The minimum atomic E-state index is -0.721. The smallest absolute Gasteiger partial charge is 0.338 e. The molecule has 1 atom stereocenters. The molecule has 0 saturated carbocycles. The van der Waals surface area contributed by atoms with Crippen LogP contribution in [0, 0.1) is 0 Å². The van der Waals surface area contributed by atoms with Crippen molar-refractivity contribution in [2.24, 2.45) is 4.99 Å². The van der Waals surface area contributed by atoms with Crippen molar-refractivity contribution in [2.45, 2.75) is 33.4 Å². The lowest BCUT2D eigenvalue weighted by Gasteiger charge is -2.24. The fraction of sp³-hybridized carbons (Fsp3) is 0.242. The SMILES string of the molecule is CCOC(=O)C1=C(C)N=c2s/c(=C\c3cc(OCC)c(OCc4ccccc4Cl)cc3Br)c(=O)n2[C@@H]1c1ccc(OC)cc1. The Morgan fingerprint density at radius 2 is 1.80 bits per heavy atom. The van der Waals surface area contributed by atoms with Crippen LogP contribution < -0.4 is 29.1 Å². The summed E-state index contributed by atoms with van der Waals surface area (Å²) in [4.78, 5) is 32.3. The van der Waals surface area contributed by atoms with Gasteiger partial charge >= 0.3 is 5.97 Å². The van der Waals surface area contributed by atoms with Crippen molar-refractivity contribution < 1.29 is 23.7 Å². The Kier molecular flexibility index (Phi) is 9.93. The number of esters is 1. The lowest BCUT2D eigenvalue weighted by molar-refractivity contribution is -0.139. The summed E-state index contributed by atoms with van der Waals surface area (Å²) in [5.74, 6) is 1.21. The van der Waals surface area contributed by atoms with Crippen LogP contribution in [0.3, 0.4) is 0 Å². The van der Waals surface area contributed by atoms with Crippen molar-refractivity contribution in [3.05, 3.63) is 118 Å². The van der Waals surface area contributed by atoms with E-state index in [9.17, 15) is 9.59 Å². The zero-order valence-electron chi connectivity index (χ0n) is 24.6. The van der Waals surface area contributed by atoms with Crippen LogP contribution in [0.2, 0.25) is 5.02 Å². The number of methoxy groups -OCH3 is 1. The van der Waals surface area contributed by atoms with Crippen molar-refractivity contribution in [3.8, 4) is 17.2 Å². The summed E-state index contributed by atoms with van der Waals surface area (Å²) < 4.78 is 25.4. The maximum Gasteiger partial charge on any atom is 0.338 e. The fourth-order valence-corrected chi connectivity index (χ4v) is 6.51. The molecule has 0 fully saturated rings. The van der Waals surface area contributed by atoms with Gasteiger partial charge in [0.1, 0.15) is 12.4 Å². The highest BCUT2D eigenvalue weighted by atomic mass is 79.9. The minimum Gasteiger partial charge on any atom is -0.497 e. The standard InChI is InChI=1S/C33H30BrClN2O6S/c1-5-41-26-15-22(24(34)17-27(26)43-18-21-9-7-8-10-25(21)35)16-28-31(38)37-30(20-11-13-23(40-4)14-12-20)29(32(39)42-6-2)19(3)36-33(37)44-28/h7-17,30H,5-6,18H2,1-4H3/b28-16-/t30-/m1/s1. The number of hydrogen-bond acceptors (Lipinski definition) is 8. The highest BCUT2D eigenvalue weighted by molar-refractivity contribution is 9.10. The number of fused-ring (bicyclic) bond motifs is 1. The van der Waals surface area contributed by atoms with Crippen molar-refractivity contribution in [2.75, 3.05) is 20.3 Å². The summed E-state index contributed by atoms with van der Waals surface area (Å²) in [5, 5.41) is 0.616. The van der Waals surface area contributed by atoms with E-state index in [0.29, 0.717) is 59.5 Å². The molecule has 0 bridgehead atoms. The Morgan fingerprint density at radius 3 is 2.48 bits per heavy atom. The van der Waals surface area contributed by atoms with E-state index in [0.717, 1.165) is 11.1 Å². The van der Waals surface area contributed by atoms with Gasteiger partial charge in [-0.05, 0) is 68.3 Å². The van der Waals surface area contributed by atoms with E-state index >= 15 is 0 Å². The molecular formula is C33H30BrClN2O6S. The van der Waals surface area contributed by atoms with E-state index in [2.05, 4.69) is 20.9 Å². The molecule has 11 heteroatoms. The first-order valence-electron chi connectivity index (χ1n) is 13.9. The number of allylic oxidation sites excluding steroid dienone is 1. The summed E-state index contributed by atoms with van der Waals surface area (Å²) in [6.07, 6.45) is 1.78. The van der Waals surface area contributed by atoms with E-state index in [-0.39, 0.29) is 18.8 Å². The largest absolute Gasteiger partial charge is 0.497 e. The van der Waals surface area contributed by atoms with Crippen LogP contribution in [0.1, 0.15) is 43.5 Å². The maximum absolute atomic E-state index is 14.0. The second kappa shape index (κ2) is 13.8. The van der Waals surface area contributed by atoms with Crippen LogP contribution in [-0.2, 0) is 16.1 Å². The van der Waals surface area contributed by atoms with Gasteiger partial charge < -0.3 is 18.9 Å². The third-order valence-corrected chi connectivity index (χ3v) is 8.98. The molecule has 2 heterocycles. The van der Waals surface area contributed by atoms with Crippen LogP contribution in [0.5, 0.6) is 17.2 Å². The molecule has 0 aliphatic carbocycles. The van der Waals surface area contributed by atoms with Crippen molar-refractivity contribution >= 4 is 50.9 Å². The van der Waals surface area contributed by atoms with Gasteiger partial charge in [-0.1, -0.05) is 69.2 Å². The molecule has 0 unspecified atom stereocenters. The van der Waals surface area contributed by atoms with Gasteiger partial charge in [-0.2, -0.15) is 0 Å². The maximum atomic E-state index is 14.0. The molecule has 44 heavy (non-hydrogen) atoms. The molecule has 0 radical (unpaired) electrons. The molecule has 3 aromatic carbocycles. The molecule has 8 nitrogen and oxygen atoms in total.